The molecule has 0 aliphatic heterocycles. The predicted octanol–water partition coefficient (Wildman–Crippen LogP) is 3.35. The van der Waals surface area contributed by atoms with E-state index in [9.17, 15) is 9.59 Å². The molecule has 0 spiro atoms. The summed E-state index contributed by atoms with van der Waals surface area (Å²) >= 11 is 1.28. The van der Waals surface area contributed by atoms with Crippen LogP contribution in [0.4, 0.5) is 11.4 Å². The van der Waals surface area contributed by atoms with Crippen LogP contribution in [0.2, 0.25) is 0 Å². The van der Waals surface area contributed by atoms with E-state index in [0.29, 0.717) is 22.3 Å². The van der Waals surface area contributed by atoms with Crippen LogP contribution in [-0.2, 0) is 9.59 Å². The van der Waals surface area contributed by atoms with Crippen LogP contribution in [0, 0.1) is 0 Å². The van der Waals surface area contributed by atoms with E-state index < -0.39 is 5.25 Å². The Morgan fingerprint density at radius 2 is 1.93 bits per heavy atom. The summed E-state index contributed by atoms with van der Waals surface area (Å²) in [5.41, 5.74) is 2.06. The number of benzene rings is 2. The zero-order valence-corrected chi connectivity index (χ0v) is 17.1. The topological polar surface area (TPSA) is 98.1 Å². The number of nitrogens with zero attached hydrogens (tertiary/aromatic N) is 3. The molecule has 8 nitrogen and oxygen atoms in total. The lowest BCUT2D eigenvalue weighted by Crippen LogP contribution is -2.23. The minimum atomic E-state index is -0.429. The first-order chi connectivity index (χ1) is 14.0. The molecule has 3 rings (SSSR count). The lowest BCUT2D eigenvalue weighted by atomic mass is 10.2. The van der Waals surface area contributed by atoms with E-state index in [-0.39, 0.29) is 11.8 Å². The number of thioether (sulfide) groups is 1. The zero-order chi connectivity index (χ0) is 20.8. The van der Waals surface area contributed by atoms with Crippen LogP contribution < -0.4 is 15.4 Å². The molecular weight excluding hydrogens is 390 g/mol. The SMILES string of the molecule is COc1ccccc1NC(=O)C(C)Sc1nncn1-c1cccc(NC(C)=O)c1. The first-order valence-electron chi connectivity index (χ1n) is 8.86. The van der Waals surface area contributed by atoms with Crippen molar-refractivity contribution in [2.75, 3.05) is 17.7 Å². The molecule has 0 saturated carbocycles. The van der Waals surface area contributed by atoms with Gasteiger partial charge < -0.3 is 15.4 Å². The summed E-state index contributed by atoms with van der Waals surface area (Å²) in [6, 6.07) is 14.5. The summed E-state index contributed by atoms with van der Waals surface area (Å²) in [5.74, 6) is 0.263. The highest BCUT2D eigenvalue weighted by molar-refractivity contribution is 8.00. The monoisotopic (exact) mass is 411 g/mol. The Balaban J connectivity index is 1.74. The number of para-hydroxylation sites is 2. The van der Waals surface area contributed by atoms with E-state index in [1.165, 1.54) is 18.7 Å². The van der Waals surface area contributed by atoms with E-state index in [1.807, 2.05) is 30.3 Å². The largest absolute Gasteiger partial charge is 0.495 e. The Morgan fingerprint density at radius 1 is 1.14 bits per heavy atom. The zero-order valence-electron chi connectivity index (χ0n) is 16.2. The lowest BCUT2D eigenvalue weighted by Gasteiger charge is -2.14. The molecule has 3 aromatic rings. The molecule has 0 bridgehead atoms. The number of hydrogen-bond donors (Lipinski definition) is 2. The first-order valence-corrected chi connectivity index (χ1v) is 9.74. The third kappa shape index (κ3) is 5.14. The molecule has 29 heavy (non-hydrogen) atoms. The second-order valence-electron chi connectivity index (χ2n) is 6.16. The maximum atomic E-state index is 12.6. The van der Waals surface area contributed by atoms with Crippen molar-refractivity contribution >= 4 is 35.0 Å². The fraction of sp³-hybridized carbons (Fsp3) is 0.200. The highest BCUT2D eigenvalue weighted by Crippen LogP contribution is 2.28. The van der Waals surface area contributed by atoms with Gasteiger partial charge in [-0.15, -0.1) is 10.2 Å². The Morgan fingerprint density at radius 3 is 2.69 bits per heavy atom. The van der Waals surface area contributed by atoms with Gasteiger partial charge in [0.25, 0.3) is 0 Å². The Bertz CT molecular complexity index is 1020. The van der Waals surface area contributed by atoms with Crippen molar-refractivity contribution in [1.29, 1.82) is 0 Å². The van der Waals surface area contributed by atoms with Crippen LogP contribution in [0.5, 0.6) is 5.75 Å². The summed E-state index contributed by atoms with van der Waals surface area (Å²) in [4.78, 5) is 23.9. The molecule has 9 heteroatoms. The van der Waals surface area contributed by atoms with Crippen molar-refractivity contribution in [3.63, 3.8) is 0 Å². The maximum Gasteiger partial charge on any atom is 0.237 e. The summed E-state index contributed by atoms with van der Waals surface area (Å²) in [5, 5.41) is 13.9. The Hall–Kier alpha value is -3.33. The second-order valence-corrected chi connectivity index (χ2v) is 7.47. The number of anilines is 2. The molecule has 1 unspecified atom stereocenters. The van der Waals surface area contributed by atoms with Gasteiger partial charge in [0.1, 0.15) is 12.1 Å². The number of rotatable bonds is 7. The molecule has 0 saturated heterocycles. The highest BCUT2D eigenvalue weighted by atomic mass is 32.2. The van der Waals surface area contributed by atoms with E-state index in [2.05, 4.69) is 20.8 Å². The molecule has 0 fully saturated rings. The first kappa shape index (κ1) is 20.4. The average molecular weight is 411 g/mol. The minimum Gasteiger partial charge on any atom is -0.495 e. The van der Waals surface area contributed by atoms with Gasteiger partial charge in [-0.2, -0.15) is 0 Å². The fourth-order valence-corrected chi connectivity index (χ4v) is 3.46. The smallest absolute Gasteiger partial charge is 0.237 e. The van der Waals surface area contributed by atoms with Gasteiger partial charge in [0, 0.05) is 12.6 Å². The van der Waals surface area contributed by atoms with E-state index in [0.717, 1.165) is 5.69 Å². The average Bonchev–Trinajstić information content (AvgIpc) is 3.16. The van der Waals surface area contributed by atoms with Crippen LogP contribution in [0.1, 0.15) is 13.8 Å². The van der Waals surface area contributed by atoms with Crippen LogP contribution in [0.15, 0.2) is 60.0 Å². The molecule has 2 aromatic carbocycles. The third-order valence-electron chi connectivity index (χ3n) is 3.98. The van der Waals surface area contributed by atoms with Gasteiger partial charge in [0.2, 0.25) is 11.8 Å². The summed E-state index contributed by atoms with van der Waals surface area (Å²) in [7, 11) is 1.56. The van der Waals surface area contributed by atoms with Crippen LogP contribution in [-0.4, -0.2) is 38.9 Å². The molecule has 1 aromatic heterocycles. The van der Waals surface area contributed by atoms with Gasteiger partial charge in [-0.05, 0) is 37.3 Å². The van der Waals surface area contributed by atoms with Crippen molar-refractivity contribution in [2.24, 2.45) is 0 Å². The van der Waals surface area contributed by atoms with Crippen LogP contribution in [0.3, 0.4) is 0 Å². The number of methoxy groups -OCH3 is 1. The number of carbonyl (C=O) groups is 2. The van der Waals surface area contributed by atoms with Gasteiger partial charge in [-0.25, -0.2) is 0 Å². The van der Waals surface area contributed by atoms with Crippen molar-refractivity contribution < 1.29 is 14.3 Å². The van der Waals surface area contributed by atoms with E-state index in [1.54, 1.807) is 43.1 Å². The van der Waals surface area contributed by atoms with Gasteiger partial charge in [0.15, 0.2) is 5.16 Å². The number of ether oxygens (including phenoxy) is 1. The van der Waals surface area contributed by atoms with Crippen molar-refractivity contribution in [3.05, 3.63) is 54.9 Å². The van der Waals surface area contributed by atoms with Gasteiger partial charge in [0.05, 0.1) is 23.7 Å². The third-order valence-corrected chi connectivity index (χ3v) is 5.03. The van der Waals surface area contributed by atoms with Crippen LogP contribution >= 0.6 is 11.8 Å². The summed E-state index contributed by atoms with van der Waals surface area (Å²) in [6.07, 6.45) is 1.57. The predicted molar refractivity (Wildman–Crippen MR) is 113 cm³/mol. The fourth-order valence-electron chi connectivity index (χ4n) is 2.61. The van der Waals surface area contributed by atoms with Crippen molar-refractivity contribution in [3.8, 4) is 11.4 Å². The Kier molecular flexibility index (Phi) is 6.50. The van der Waals surface area contributed by atoms with Gasteiger partial charge >= 0.3 is 0 Å². The molecule has 2 N–H and O–H groups in total. The molecule has 1 atom stereocenters. The minimum absolute atomic E-state index is 0.151. The van der Waals surface area contributed by atoms with Gasteiger partial charge in [-0.3, -0.25) is 14.2 Å². The van der Waals surface area contributed by atoms with Crippen LogP contribution in [0.25, 0.3) is 5.69 Å². The lowest BCUT2D eigenvalue weighted by molar-refractivity contribution is -0.115. The van der Waals surface area contributed by atoms with E-state index >= 15 is 0 Å². The summed E-state index contributed by atoms with van der Waals surface area (Å²) < 4.78 is 7.04. The van der Waals surface area contributed by atoms with E-state index in [4.69, 9.17) is 4.74 Å². The normalized spacial score (nSPS) is 11.6. The molecule has 150 valence electrons. The number of carbonyl (C=O) groups excluding carboxylic acids is 2. The number of aromatic nitrogens is 3. The standard InChI is InChI=1S/C20H21N5O3S/c1-13(19(27)23-17-9-4-5-10-18(17)28-3)29-20-24-21-12-25(20)16-8-6-7-15(11-16)22-14(2)26/h4-13H,1-3H3,(H,22,26)(H,23,27). The molecule has 1 heterocycles. The molecule has 2 amide bonds. The second kappa shape index (κ2) is 9.24. The molecular formula is C20H21N5O3S. The van der Waals surface area contributed by atoms with Crippen molar-refractivity contribution in [2.45, 2.75) is 24.3 Å². The number of amides is 2. The number of nitrogens with one attached hydrogen (secondary N) is 2. The molecule has 0 aliphatic carbocycles. The quantitative estimate of drug-likeness (QED) is 0.579. The van der Waals surface area contributed by atoms with Gasteiger partial charge in [-0.1, -0.05) is 30.0 Å². The molecule has 0 radical (unpaired) electrons. The molecule has 0 aliphatic rings. The summed E-state index contributed by atoms with van der Waals surface area (Å²) in [6.45, 7) is 3.25. The Labute approximate surface area is 172 Å². The number of hydrogen-bond acceptors (Lipinski definition) is 6. The maximum absolute atomic E-state index is 12.6. The highest BCUT2D eigenvalue weighted by Gasteiger charge is 2.19. The van der Waals surface area contributed by atoms with Crippen molar-refractivity contribution in [1.82, 2.24) is 14.8 Å².